The van der Waals surface area contributed by atoms with E-state index in [2.05, 4.69) is 4.98 Å². The van der Waals surface area contributed by atoms with Gasteiger partial charge < -0.3 is 10.7 Å². The first-order chi connectivity index (χ1) is 6.77. The van der Waals surface area contributed by atoms with Gasteiger partial charge in [-0.15, -0.1) is 0 Å². The summed E-state index contributed by atoms with van der Waals surface area (Å²) in [4.78, 5) is 13.8. The maximum Gasteiger partial charge on any atom is 0.327 e. The van der Waals surface area contributed by atoms with Gasteiger partial charge in [0.25, 0.3) is 0 Å². The molecular formula is C10H11N3O. The summed E-state index contributed by atoms with van der Waals surface area (Å²) in [7, 11) is 0. The molecule has 4 nitrogen and oxygen atoms in total. The second-order valence-corrected chi connectivity index (χ2v) is 3.09. The molecule has 0 fully saturated rings. The van der Waals surface area contributed by atoms with Crippen molar-refractivity contribution in [1.82, 2.24) is 9.55 Å². The number of nitrogens with two attached hydrogens (primary N) is 1. The van der Waals surface area contributed by atoms with Crippen LogP contribution < -0.4 is 11.4 Å². The summed E-state index contributed by atoms with van der Waals surface area (Å²) in [6, 6.07) is 9.72. The maximum atomic E-state index is 11.3. The van der Waals surface area contributed by atoms with Gasteiger partial charge in [0.05, 0.1) is 6.54 Å². The summed E-state index contributed by atoms with van der Waals surface area (Å²) < 4.78 is 1.50. The molecule has 2 rings (SSSR count). The van der Waals surface area contributed by atoms with Gasteiger partial charge in [-0.2, -0.15) is 0 Å². The molecule has 0 radical (unpaired) electrons. The molecule has 0 bridgehead atoms. The number of H-pyrrole nitrogens is 1. The minimum atomic E-state index is -0.175. The lowest BCUT2D eigenvalue weighted by Crippen LogP contribution is -2.19. The number of anilines is 1. The van der Waals surface area contributed by atoms with Crippen molar-refractivity contribution in [3.63, 3.8) is 0 Å². The summed E-state index contributed by atoms with van der Waals surface area (Å²) in [6.07, 6.45) is 1.51. The normalized spacial score (nSPS) is 10.3. The van der Waals surface area contributed by atoms with E-state index in [4.69, 9.17) is 5.73 Å². The second-order valence-electron chi connectivity index (χ2n) is 3.09. The van der Waals surface area contributed by atoms with E-state index in [0.29, 0.717) is 12.4 Å². The van der Waals surface area contributed by atoms with Gasteiger partial charge in [0, 0.05) is 6.20 Å². The number of imidazole rings is 1. The number of hydrogen-bond acceptors (Lipinski definition) is 2. The van der Waals surface area contributed by atoms with E-state index < -0.39 is 0 Å². The molecule has 72 valence electrons. The predicted molar refractivity (Wildman–Crippen MR) is 55.0 cm³/mol. The van der Waals surface area contributed by atoms with E-state index in [1.807, 2.05) is 30.3 Å². The average molecular weight is 189 g/mol. The van der Waals surface area contributed by atoms with Crippen molar-refractivity contribution < 1.29 is 0 Å². The highest BCUT2D eigenvalue weighted by atomic mass is 16.1. The molecule has 1 aromatic carbocycles. The van der Waals surface area contributed by atoms with Crippen molar-refractivity contribution in [1.29, 1.82) is 0 Å². The first-order valence-corrected chi connectivity index (χ1v) is 4.35. The fourth-order valence-electron chi connectivity index (χ4n) is 1.34. The Bertz CT molecular complexity index is 470. The van der Waals surface area contributed by atoms with Gasteiger partial charge in [-0.05, 0) is 5.56 Å². The maximum absolute atomic E-state index is 11.3. The van der Waals surface area contributed by atoms with Gasteiger partial charge in [-0.3, -0.25) is 4.57 Å². The van der Waals surface area contributed by atoms with Crippen LogP contribution in [-0.2, 0) is 6.54 Å². The molecule has 3 N–H and O–H groups in total. The molecule has 0 aliphatic carbocycles. The first kappa shape index (κ1) is 8.62. The minimum Gasteiger partial charge on any atom is -0.384 e. The summed E-state index contributed by atoms with van der Waals surface area (Å²) in [6.45, 7) is 0.509. The lowest BCUT2D eigenvalue weighted by molar-refractivity contribution is 0.772. The highest BCUT2D eigenvalue weighted by Crippen LogP contribution is 2.03. The Morgan fingerprint density at radius 2 is 2.00 bits per heavy atom. The van der Waals surface area contributed by atoms with Crippen LogP contribution in [0.5, 0.6) is 0 Å². The second kappa shape index (κ2) is 3.41. The zero-order chi connectivity index (χ0) is 9.97. The predicted octanol–water partition coefficient (Wildman–Crippen LogP) is 0.807. The van der Waals surface area contributed by atoms with Crippen molar-refractivity contribution in [2.24, 2.45) is 0 Å². The van der Waals surface area contributed by atoms with E-state index in [0.717, 1.165) is 5.56 Å². The van der Waals surface area contributed by atoms with Crippen LogP contribution in [-0.4, -0.2) is 9.55 Å². The Kier molecular flexibility index (Phi) is 2.10. The minimum absolute atomic E-state index is 0.175. The SMILES string of the molecule is Nc1c[nH]c(=O)n1Cc1ccccc1. The van der Waals surface area contributed by atoms with Crippen molar-refractivity contribution in [3.05, 3.63) is 52.6 Å². The van der Waals surface area contributed by atoms with Gasteiger partial charge in [-0.25, -0.2) is 4.79 Å². The van der Waals surface area contributed by atoms with Gasteiger partial charge in [-0.1, -0.05) is 30.3 Å². The number of nitrogens with one attached hydrogen (secondary N) is 1. The highest BCUT2D eigenvalue weighted by molar-refractivity contribution is 5.27. The Labute approximate surface area is 81.0 Å². The van der Waals surface area contributed by atoms with Gasteiger partial charge in [0.15, 0.2) is 0 Å². The Hall–Kier alpha value is -1.97. The molecule has 14 heavy (non-hydrogen) atoms. The standard InChI is InChI=1S/C10H11N3O/c11-9-6-12-10(14)13(9)7-8-4-2-1-3-5-8/h1-6H,7,11H2,(H,12,14). The number of nitrogens with zero attached hydrogens (tertiary/aromatic N) is 1. The third-order valence-corrected chi connectivity index (χ3v) is 2.08. The number of nitrogen functional groups attached to an aromatic ring is 1. The Morgan fingerprint density at radius 1 is 1.29 bits per heavy atom. The number of rotatable bonds is 2. The fraction of sp³-hybridized carbons (Fsp3) is 0.100. The van der Waals surface area contributed by atoms with Crippen LogP contribution in [0.15, 0.2) is 41.3 Å². The van der Waals surface area contributed by atoms with Crippen LogP contribution in [0.25, 0.3) is 0 Å². The van der Waals surface area contributed by atoms with Gasteiger partial charge in [0.1, 0.15) is 5.82 Å². The monoisotopic (exact) mass is 189 g/mol. The third-order valence-electron chi connectivity index (χ3n) is 2.08. The van der Waals surface area contributed by atoms with Crippen molar-refractivity contribution in [2.45, 2.75) is 6.54 Å². The summed E-state index contributed by atoms with van der Waals surface area (Å²) >= 11 is 0. The number of aromatic nitrogens is 2. The quantitative estimate of drug-likeness (QED) is 0.734. The van der Waals surface area contributed by atoms with Crippen LogP contribution in [0.4, 0.5) is 5.82 Å². The lowest BCUT2D eigenvalue weighted by atomic mass is 10.2. The van der Waals surface area contributed by atoms with Crippen LogP contribution in [0.2, 0.25) is 0 Å². The third kappa shape index (κ3) is 1.54. The molecule has 0 saturated carbocycles. The lowest BCUT2D eigenvalue weighted by Gasteiger charge is -2.02. The summed E-state index contributed by atoms with van der Waals surface area (Å²) in [5.41, 5.74) is 6.50. The van der Waals surface area contributed by atoms with Crippen molar-refractivity contribution in [3.8, 4) is 0 Å². The molecule has 2 aromatic rings. The van der Waals surface area contributed by atoms with Crippen LogP contribution in [0, 0.1) is 0 Å². The van der Waals surface area contributed by atoms with Crippen LogP contribution in [0.3, 0.4) is 0 Å². The van der Waals surface area contributed by atoms with Gasteiger partial charge in [0.2, 0.25) is 0 Å². The summed E-state index contributed by atoms with van der Waals surface area (Å²) in [5, 5.41) is 0. The van der Waals surface area contributed by atoms with Crippen molar-refractivity contribution >= 4 is 5.82 Å². The van der Waals surface area contributed by atoms with E-state index in [9.17, 15) is 4.79 Å². The molecule has 4 heteroatoms. The summed E-state index contributed by atoms with van der Waals surface area (Å²) in [5.74, 6) is 0.457. The Morgan fingerprint density at radius 3 is 2.57 bits per heavy atom. The molecule has 0 amide bonds. The molecule has 0 spiro atoms. The van der Waals surface area contributed by atoms with E-state index >= 15 is 0 Å². The smallest absolute Gasteiger partial charge is 0.327 e. The topological polar surface area (TPSA) is 63.8 Å². The van der Waals surface area contributed by atoms with Crippen LogP contribution >= 0.6 is 0 Å². The van der Waals surface area contributed by atoms with Gasteiger partial charge >= 0.3 is 5.69 Å². The Balaban J connectivity index is 2.32. The molecule has 0 unspecified atom stereocenters. The molecule has 1 heterocycles. The van der Waals surface area contributed by atoms with Crippen molar-refractivity contribution in [2.75, 3.05) is 5.73 Å². The fourth-order valence-corrected chi connectivity index (χ4v) is 1.34. The number of hydrogen-bond donors (Lipinski definition) is 2. The number of aromatic amines is 1. The van der Waals surface area contributed by atoms with E-state index in [-0.39, 0.29) is 5.69 Å². The van der Waals surface area contributed by atoms with E-state index in [1.54, 1.807) is 0 Å². The molecule has 0 saturated heterocycles. The zero-order valence-corrected chi connectivity index (χ0v) is 7.60. The molecular weight excluding hydrogens is 178 g/mol. The molecule has 0 aliphatic rings. The average Bonchev–Trinajstić information content (AvgIpc) is 2.51. The largest absolute Gasteiger partial charge is 0.384 e. The highest BCUT2D eigenvalue weighted by Gasteiger charge is 2.02. The first-order valence-electron chi connectivity index (χ1n) is 4.35. The van der Waals surface area contributed by atoms with E-state index in [1.165, 1.54) is 10.8 Å². The zero-order valence-electron chi connectivity index (χ0n) is 7.60. The molecule has 0 atom stereocenters. The number of benzene rings is 1. The van der Waals surface area contributed by atoms with Crippen LogP contribution in [0.1, 0.15) is 5.56 Å². The molecule has 1 aromatic heterocycles. The molecule has 0 aliphatic heterocycles.